The topological polar surface area (TPSA) is 29.3 Å². The predicted octanol–water partition coefficient (Wildman–Crippen LogP) is 4.43. The number of benzene rings is 1. The molecule has 0 saturated heterocycles. The summed E-state index contributed by atoms with van der Waals surface area (Å²) >= 11 is 0. The van der Waals surface area contributed by atoms with Gasteiger partial charge in [0.15, 0.2) is 0 Å². The molecule has 2 N–H and O–H groups in total. The summed E-state index contributed by atoms with van der Waals surface area (Å²) in [6.45, 7) is 7.81. The summed E-state index contributed by atoms with van der Waals surface area (Å²) in [4.78, 5) is 2.62. The average Bonchev–Trinajstić information content (AvgIpc) is 2.51. The van der Waals surface area contributed by atoms with Gasteiger partial charge in [-0.1, -0.05) is 38.3 Å². The highest BCUT2D eigenvalue weighted by Crippen LogP contribution is 2.30. The van der Waals surface area contributed by atoms with Crippen molar-refractivity contribution in [3.63, 3.8) is 0 Å². The van der Waals surface area contributed by atoms with E-state index < -0.39 is 0 Å². The maximum atomic E-state index is 6.09. The largest absolute Gasteiger partial charge is 0.369 e. The Morgan fingerprint density at radius 3 is 2.48 bits per heavy atom. The maximum Gasteiger partial charge on any atom is 0.0398 e. The Balaban J connectivity index is 2.14. The van der Waals surface area contributed by atoms with Gasteiger partial charge in [-0.2, -0.15) is 0 Å². The predicted molar refractivity (Wildman–Crippen MR) is 93.0 cm³/mol. The first-order chi connectivity index (χ1) is 10.2. The lowest BCUT2D eigenvalue weighted by Crippen LogP contribution is -2.37. The van der Waals surface area contributed by atoms with Crippen LogP contribution in [0.5, 0.6) is 0 Å². The second kappa shape index (κ2) is 7.84. The fourth-order valence-corrected chi connectivity index (χ4v) is 3.63. The van der Waals surface area contributed by atoms with Crippen molar-refractivity contribution in [3.05, 3.63) is 29.3 Å². The summed E-state index contributed by atoms with van der Waals surface area (Å²) in [6, 6.07) is 7.98. The zero-order valence-electron chi connectivity index (χ0n) is 14.1. The van der Waals surface area contributed by atoms with Crippen LogP contribution in [0.25, 0.3) is 0 Å². The second-order valence-electron chi connectivity index (χ2n) is 6.57. The number of hydrogen-bond acceptors (Lipinski definition) is 2. The van der Waals surface area contributed by atoms with Gasteiger partial charge in [0.25, 0.3) is 0 Å². The van der Waals surface area contributed by atoms with Gasteiger partial charge in [-0.25, -0.2) is 0 Å². The van der Waals surface area contributed by atoms with Crippen LogP contribution in [0.3, 0.4) is 0 Å². The van der Waals surface area contributed by atoms with Gasteiger partial charge in [0.2, 0.25) is 0 Å². The van der Waals surface area contributed by atoms with Crippen molar-refractivity contribution >= 4 is 5.69 Å². The van der Waals surface area contributed by atoms with Crippen molar-refractivity contribution in [2.75, 3.05) is 11.4 Å². The third-order valence-electron chi connectivity index (χ3n) is 4.95. The summed E-state index contributed by atoms with van der Waals surface area (Å²) in [5, 5.41) is 0. The van der Waals surface area contributed by atoms with Crippen molar-refractivity contribution in [3.8, 4) is 0 Å². The third-order valence-corrected chi connectivity index (χ3v) is 4.95. The van der Waals surface area contributed by atoms with Crippen LogP contribution in [-0.4, -0.2) is 18.6 Å². The molecule has 0 aromatic heterocycles. The minimum absolute atomic E-state index is 0.288. The van der Waals surface area contributed by atoms with Crippen LogP contribution in [0.2, 0.25) is 0 Å². The molecule has 0 heterocycles. The van der Waals surface area contributed by atoms with Crippen LogP contribution in [-0.2, 0) is 6.42 Å². The van der Waals surface area contributed by atoms with Crippen LogP contribution in [0.4, 0.5) is 5.69 Å². The molecule has 2 nitrogen and oxygen atoms in total. The molecule has 0 amide bonds. The first-order valence-electron chi connectivity index (χ1n) is 8.77. The molecule has 0 aliphatic heterocycles. The highest BCUT2D eigenvalue weighted by molar-refractivity contribution is 5.55. The quantitative estimate of drug-likeness (QED) is 0.839. The summed E-state index contributed by atoms with van der Waals surface area (Å²) < 4.78 is 0. The van der Waals surface area contributed by atoms with Gasteiger partial charge < -0.3 is 10.6 Å². The number of nitrogens with zero attached hydrogens (tertiary/aromatic N) is 1. The van der Waals surface area contributed by atoms with E-state index in [2.05, 4.69) is 43.9 Å². The number of rotatable bonds is 6. The van der Waals surface area contributed by atoms with E-state index in [4.69, 9.17) is 5.73 Å². The molecule has 1 fully saturated rings. The van der Waals surface area contributed by atoms with Crippen LogP contribution >= 0.6 is 0 Å². The molecule has 1 aromatic carbocycles. The minimum atomic E-state index is 0.288. The number of hydrogen-bond donors (Lipinski definition) is 1. The fraction of sp³-hybridized carbons (Fsp3) is 0.684. The Labute approximate surface area is 130 Å². The molecule has 21 heavy (non-hydrogen) atoms. The lowest BCUT2D eigenvalue weighted by Gasteiger charge is -2.36. The van der Waals surface area contributed by atoms with Crippen LogP contribution in [0.15, 0.2) is 18.2 Å². The van der Waals surface area contributed by atoms with Crippen LogP contribution in [0, 0.1) is 6.92 Å². The fourth-order valence-electron chi connectivity index (χ4n) is 3.63. The highest BCUT2D eigenvalue weighted by Gasteiger charge is 2.21. The number of aryl methyl sites for hydroxylation is 1. The standard InChI is InChI=1S/C19H32N2/c1-4-17(20)14-16-11-12-19(15(3)13-16)21(5-2)18-9-7-6-8-10-18/h11-13,17-18H,4-10,14,20H2,1-3H3. The van der Waals surface area contributed by atoms with E-state index >= 15 is 0 Å². The Morgan fingerprint density at radius 1 is 1.19 bits per heavy atom. The molecule has 1 atom stereocenters. The molecule has 1 aliphatic carbocycles. The van der Waals surface area contributed by atoms with E-state index in [9.17, 15) is 0 Å². The van der Waals surface area contributed by atoms with E-state index in [1.54, 1.807) is 0 Å². The van der Waals surface area contributed by atoms with Gasteiger partial charge in [0, 0.05) is 24.3 Å². The van der Waals surface area contributed by atoms with Crippen LogP contribution < -0.4 is 10.6 Å². The molecule has 1 aliphatic rings. The Kier molecular flexibility index (Phi) is 6.10. The molecule has 118 valence electrons. The second-order valence-corrected chi connectivity index (χ2v) is 6.57. The van der Waals surface area contributed by atoms with E-state index in [-0.39, 0.29) is 6.04 Å². The van der Waals surface area contributed by atoms with Crippen molar-refractivity contribution in [1.82, 2.24) is 0 Å². The summed E-state index contributed by atoms with van der Waals surface area (Å²) in [7, 11) is 0. The molecule has 1 unspecified atom stereocenters. The average molecular weight is 288 g/mol. The van der Waals surface area contributed by atoms with Gasteiger partial charge in [0.1, 0.15) is 0 Å². The molecule has 0 radical (unpaired) electrons. The molecule has 1 saturated carbocycles. The minimum Gasteiger partial charge on any atom is -0.369 e. The van der Waals surface area contributed by atoms with E-state index in [0.29, 0.717) is 0 Å². The monoisotopic (exact) mass is 288 g/mol. The van der Waals surface area contributed by atoms with Gasteiger partial charge >= 0.3 is 0 Å². The van der Waals surface area contributed by atoms with Gasteiger partial charge in [-0.15, -0.1) is 0 Å². The summed E-state index contributed by atoms with van der Waals surface area (Å²) in [6.07, 6.45) is 8.96. The molecular weight excluding hydrogens is 256 g/mol. The molecule has 2 rings (SSSR count). The lowest BCUT2D eigenvalue weighted by molar-refractivity contribution is 0.418. The first kappa shape index (κ1) is 16.4. The molecule has 2 heteroatoms. The van der Waals surface area contributed by atoms with E-state index in [1.165, 1.54) is 48.9 Å². The van der Waals surface area contributed by atoms with Crippen LogP contribution in [0.1, 0.15) is 63.5 Å². The lowest BCUT2D eigenvalue weighted by atomic mass is 9.93. The van der Waals surface area contributed by atoms with E-state index in [0.717, 1.165) is 25.4 Å². The Bertz CT molecular complexity index is 435. The van der Waals surface area contributed by atoms with E-state index in [1.807, 2.05) is 0 Å². The van der Waals surface area contributed by atoms with Gasteiger partial charge in [-0.05, 0) is 56.7 Å². The van der Waals surface area contributed by atoms with Crippen molar-refractivity contribution in [2.45, 2.75) is 77.8 Å². The van der Waals surface area contributed by atoms with Crippen molar-refractivity contribution in [2.24, 2.45) is 5.73 Å². The summed E-state index contributed by atoms with van der Waals surface area (Å²) in [5.74, 6) is 0. The summed E-state index contributed by atoms with van der Waals surface area (Å²) in [5.41, 5.74) is 10.3. The zero-order chi connectivity index (χ0) is 15.2. The SMILES string of the molecule is CCC(N)Cc1ccc(N(CC)C2CCCCC2)c(C)c1. The third kappa shape index (κ3) is 4.23. The molecular formula is C19H32N2. The number of anilines is 1. The first-order valence-corrected chi connectivity index (χ1v) is 8.77. The number of nitrogens with two attached hydrogens (primary N) is 1. The molecule has 0 spiro atoms. The Morgan fingerprint density at radius 2 is 1.90 bits per heavy atom. The zero-order valence-corrected chi connectivity index (χ0v) is 14.1. The van der Waals surface area contributed by atoms with Crippen molar-refractivity contribution in [1.29, 1.82) is 0 Å². The normalized spacial score (nSPS) is 17.7. The Hall–Kier alpha value is -1.02. The smallest absolute Gasteiger partial charge is 0.0398 e. The van der Waals surface area contributed by atoms with Gasteiger partial charge in [-0.3, -0.25) is 0 Å². The maximum absolute atomic E-state index is 6.09. The van der Waals surface area contributed by atoms with Gasteiger partial charge in [0.05, 0.1) is 0 Å². The molecule has 1 aromatic rings. The van der Waals surface area contributed by atoms with Crippen molar-refractivity contribution < 1.29 is 0 Å². The molecule has 0 bridgehead atoms. The highest BCUT2D eigenvalue weighted by atomic mass is 15.2.